The van der Waals surface area contributed by atoms with Crippen LogP contribution in [0.25, 0.3) is 0 Å². The van der Waals surface area contributed by atoms with Crippen molar-refractivity contribution in [1.29, 1.82) is 0 Å². The number of aromatic nitrogens is 2. The normalized spacial score (nSPS) is 10.3. The van der Waals surface area contributed by atoms with Gasteiger partial charge >= 0.3 is 0 Å². The number of unbranched alkanes of at least 4 members (excludes halogenated alkanes) is 1. The molecular weight excluding hydrogens is 328 g/mol. The van der Waals surface area contributed by atoms with Crippen LogP contribution in [0.3, 0.4) is 0 Å². The maximum atomic E-state index is 12.3. The summed E-state index contributed by atoms with van der Waals surface area (Å²) in [5, 5.41) is 3.61. The first-order chi connectivity index (χ1) is 11.5. The molecule has 0 fully saturated rings. The molecule has 0 unspecified atom stereocenters. The third kappa shape index (κ3) is 4.58. The van der Waals surface area contributed by atoms with Crippen LogP contribution in [0.4, 0.5) is 11.6 Å². The molecule has 0 spiro atoms. The average Bonchev–Trinajstić information content (AvgIpc) is 2.60. The molecule has 128 valence electrons. The summed E-state index contributed by atoms with van der Waals surface area (Å²) in [4.78, 5) is 22.3. The average molecular weight is 349 g/mol. The Morgan fingerprint density at radius 3 is 2.67 bits per heavy atom. The third-order valence-corrected chi connectivity index (χ3v) is 3.74. The topological polar surface area (TPSA) is 67.4 Å². The molecule has 0 saturated carbocycles. The Hall–Kier alpha value is -2.34. The molecule has 0 aliphatic rings. The number of anilines is 2. The van der Waals surface area contributed by atoms with E-state index < -0.39 is 0 Å². The Bertz CT molecular complexity index is 691. The van der Waals surface area contributed by atoms with Gasteiger partial charge in [-0.15, -0.1) is 0 Å². The molecule has 2 rings (SSSR count). The van der Waals surface area contributed by atoms with Crippen molar-refractivity contribution in [3.8, 4) is 5.75 Å². The molecule has 0 radical (unpaired) electrons. The Labute approximate surface area is 146 Å². The minimum Gasteiger partial charge on any atom is -0.495 e. The molecule has 1 aromatic heterocycles. The molecule has 1 aromatic carbocycles. The second-order valence-electron chi connectivity index (χ2n) is 5.35. The summed E-state index contributed by atoms with van der Waals surface area (Å²) in [7, 11) is 3.35. The van der Waals surface area contributed by atoms with Gasteiger partial charge in [0.1, 0.15) is 5.75 Å². The lowest BCUT2D eigenvalue weighted by atomic mass is 10.2. The summed E-state index contributed by atoms with van der Waals surface area (Å²) in [5.41, 5.74) is 1.11. The number of benzene rings is 1. The van der Waals surface area contributed by atoms with Gasteiger partial charge < -0.3 is 15.0 Å². The lowest BCUT2D eigenvalue weighted by Crippen LogP contribution is -2.27. The van der Waals surface area contributed by atoms with Gasteiger partial charge in [0, 0.05) is 31.0 Å². The second kappa shape index (κ2) is 8.49. The van der Waals surface area contributed by atoms with E-state index in [9.17, 15) is 4.79 Å². The minimum atomic E-state index is -0.0877. The van der Waals surface area contributed by atoms with E-state index in [2.05, 4.69) is 22.2 Å². The molecule has 6 nitrogen and oxygen atoms in total. The first kappa shape index (κ1) is 18.0. The van der Waals surface area contributed by atoms with Gasteiger partial charge in [-0.05, 0) is 24.6 Å². The molecule has 2 aromatic rings. The van der Waals surface area contributed by atoms with Crippen molar-refractivity contribution >= 4 is 29.1 Å². The molecule has 0 saturated heterocycles. The largest absolute Gasteiger partial charge is 0.495 e. The zero-order valence-electron chi connectivity index (χ0n) is 14.0. The van der Waals surface area contributed by atoms with Gasteiger partial charge in [-0.2, -0.15) is 0 Å². The van der Waals surface area contributed by atoms with Crippen LogP contribution in [0.15, 0.2) is 30.6 Å². The first-order valence-electron chi connectivity index (χ1n) is 7.73. The van der Waals surface area contributed by atoms with E-state index >= 15 is 0 Å². The van der Waals surface area contributed by atoms with Crippen molar-refractivity contribution in [2.24, 2.45) is 0 Å². The summed E-state index contributed by atoms with van der Waals surface area (Å²) in [6, 6.07) is 5.22. The number of carbonyl (C=O) groups is 1. The predicted molar refractivity (Wildman–Crippen MR) is 95.2 cm³/mol. The summed E-state index contributed by atoms with van der Waals surface area (Å²) in [5.74, 6) is 0.904. The summed E-state index contributed by atoms with van der Waals surface area (Å²) in [6.45, 7) is 2.81. The molecule has 0 aliphatic heterocycles. The molecule has 7 heteroatoms. The number of ether oxygens (including phenoxy) is 1. The quantitative estimate of drug-likeness (QED) is 0.825. The van der Waals surface area contributed by atoms with E-state index in [4.69, 9.17) is 16.3 Å². The first-order valence-corrected chi connectivity index (χ1v) is 8.11. The van der Waals surface area contributed by atoms with Crippen molar-refractivity contribution in [2.75, 3.05) is 26.0 Å². The van der Waals surface area contributed by atoms with E-state index in [1.807, 2.05) is 0 Å². The maximum Gasteiger partial charge on any atom is 0.256 e. The van der Waals surface area contributed by atoms with Gasteiger partial charge in [0.2, 0.25) is 5.95 Å². The highest BCUT2D eigenvalue weighted by atomic mass is 35.5. The van der Waals surface area contributed by atoms with Crippen LogP contribution in [0, 0.1) is 0 Å². The van der Waals surface area contributed by atoms with E-state index in [0.29, 0.717) is 28.0 Å². The number of hydrogen-bond donors (Lipinski definition) is 1. The zero-order chi connectivity index (χ0) is 17.5. The van der Waals surface area contributed by atoms with Crippen LogP contribution in [-0.4, -0.2) is 41.5 Å². The van der Waals surface area contributed by atoms with Gasteiger partial charge in [-0.1, -0.05) is 24.9 Å². The van der Waals surface area contributed by atoms with Crippen LogP contribution >= 0.6 is 11.6 Å². The van der Waals surface area contributed by atoms with Crippen molar-refractivity contribution in [3.63, 3.8) is 0 Å². The monoisotopic (exact) mass is 348 g/mol. The van der Waals surface area contributed by atoms with E-state index in [1.165, 1.54) is 12.4 Å². The number of hydrogen-bond acceptors (Lipinski definition) is 5. The number of nitrogens with zero attached hydrogens (tertiary/aromatic N) is 3. The van der Waals surface area contributed by atoms with Crippen LogP contribution in [-0.2, 0) is 0 Å². The molecule has 0 atom stereocenters. The minimum absolute atomic E-state index is 0.0877. The lowest BCUT2D eigenvalue weighted by Gasteiger charge is -2.16. The van der Waals surface area contributed by atoms with Crippen molar-refractivity contribution < 1.29 is 9.53 Å². The summed E-state index contributed by atoms with van der Waals surface area (Å²) < 4.78 is 5.27. The second-order valence-corrected chi connectivity index (χ2v) is 5.78. The van der Waals surface area contributed by atoms with Crippen LogP contribution in [0.5, 0.6) is 5.75 Å². The molecule has 1 N–H and O–H groups in total. The third-order valence-electron chi connectivity index (χ3n) is 3.50. The standard InChI is InChI=1S/C17H21ClN4O2/c1-4-5-8-22(2)16(23)12-10-19-17(20-11-12)21-14-9-13(18)6-7-15(14)24-3/h6-7,9-11H,4-5,8H2,1-3H3,(H,19,20,21). The number of halogens is 1. The van der Waals surface area contributed by atoms with Gasteiger partial charge in [-0.25, -0.2) is 9.97 Å². The molecular formula is C17H21ClN4O2. The van der Waals surface area contributed by atoms with Gasteiger partial charge in [0.15, 0.2) is 0 Å². The van der Waals surface area contributed by atoms with Gasteiger partial charge in [-0.3, -0.25) is 4.79 Å². The number of amides is 1. The smallest absolute Gasteiger partial charge is 0.256 e. The number of rotatable bonds is 7. The predicted octanol–water partition coefficient (Wildman–Crippen LogP) is 3.75. The van der Waals surface area contributed by atoms with Crippen molar-refractivity contribution in [3.05, 3.63) is 41.2 Å². The fraction of sp³-hybridized carbons (Fsp3) is 0.353. The zero-order valence-corrected chi connectivity index (χ0v) is 14.8. The van der Waals surface area contributed by atoms with E-state index in [0.717, 1.165) is 19.4 Å². The van der Waals surface area contributed by atoms with Crippen LogP contribution in [0.1, 0.15) is 30.1 Å². The highest BCUT2D eigenvalue weighted by Gasteiger charge is 2.13. The maximum absolute atomic E-state index is 12.3. The Morgan fingerprint density at radius 2 is 2.04 bits per heavy atom. The molecule has 0 bridgehead atoms. The molecule has 0 aliphatic carbocycles. The van der Waals surface area contributed by atoms with E-state index in [-0.39, 0.29) is 5.91 Å². The molecule has 1 heterocycles. The Morgan fingerprint density at radius 1 is 1.33 bits per heavy atom. The number of methoxy groups -OCH3 is 1. The number of nitrogens with one attached hydrogen (secondary N) is 1. The van der Waals surface area contributed by atoms with E-state index in [1.54, 1.807) is 37.3 Å². The lowest BCUT2D eigenvalue weighted by molar-refractivity contribution is 0.0792. The molecule has 1 amide bonds. The van der Waals surface area contributed by atoms with Crippen molar-refractivity contribution in [1.82, 2.24) is 14.9 Å². The Kier molecular flexibility index (Phi) is 6.37. The Balaban J connectivity index is 2.10. The molecule has 24 heavy (non-hydrogen) atoms. The fourth-order valence-electron chi connectivity index (χ4n) is 2.12. The summed E-state index contributed by atoms with van der Waals surface area (Å²) in [6.07, 6.45) is 5.03. The SMILES string of the molecule is CCCCN(C)C(=O)c1cnc(Nc2cc(Cl)ccc2OC)nc1. The summed E-state index contributed by atoms with van der Waals surface area (Å²) >= 11 is 6.00. The van der Waals surface area contributed by atoms with Gasteiger partial charge in [0.25, 0.3) is 5.91 Å². The van der Waals surface area contributed by atoms with Gasteiger partial charge in [0.05, 0.1) is 18.4 Å². The highest BCUT2D eigenvalue weighted by Crippen LogP contribution is 2.29. The fourth-order valence-corrected chi connectivity index (χ4v) is 2.29. The van der Waals surface area contributed by atoms with Crippen LogP contribution < -0.4 is 10.1 Å². The van der Waals surface area contributed by atoms with Crippen molar-refractivity contribution in [2.45, 2.75) is 19.8 Å². The van der Waals surface area contributed by atoms with Crippen LogP contribution in [0.2, 0.25) is 5.02 Å². The highest BCUT2D eigenvalue weighted by molar-refractivity contribution is 6.31. The number of carbonyl (C=O) groups excluding carboxylic acids is 1.